The standard InChI is InChI=1S/C19H27N3O3/c1-14-12-16(21-17(13-14)22-8-10-24-11-9-22)7-6-15(2)20-18(23)25-19(3,4)5/h12-13,15H,8-11H2,1-5H3,(H,20,23). The van der Waals surface area contributed by atoms with E-state index in [1.54, 1.807) is 0 Å². The molecule has 1 aliphatic rings. The Hall–Kier alpha value is -2.26. The van der Waals surface area contributed by atoms with E-state index in [1.807, 2.05) is 40.7 Å². The van der Waals surface area contributed by atoms with Crippen molar-refractivity contribution < 1.29 is 14.3 Å². The number of hydrogen-bond acceptors (Lipinski definition) is 5. The van der Waals surface area contributed by atoms with Gasteiger partial charge in [-0.1, -0.05) is 5.92 Å². The largest absolute Gasteiger partial charge is 0.444 e. The van der Waals surface area contributed by atoms with Crippen molar-refractivity contribution in [2.24, 2.45) is 0 Å². The first kappa shape index (κ1) is 19.1. The lowest BCUT2D eigenvalue weighted by Crippen LogP contribution is -2.37. The first-order chi connectivity index (χ1) is 11.7. The first-order valence-electron chi connectivity index (χ1n) is 8.55. The molecule has 0 saturated carbocycles. The number of morpholine rings is 1. The quantitative estimate of drug-likeness (QED) is 0.835. The average molecular weight is 345 g/mol. The van der Waals surface area contributed by atoms with Crippen molar-refractivity contribution in [1.82, 2.24) is 10.3 Å². The van der Waals surface area contributed by atoms with Crippen molar-refractivity contribution in [2.45, 2.75) is 46.3 Å². The number of ether oxygens (including phenoxy) is 2. The Kier molecular flexibility index (Phi) is 6.27. The molecule has 2 rings (SSSR count). The van der Waals surface area contributed by atoms with E-state index in [1.165, 1.54) is 0 Å². The molecule has 6 nitrogen and oxygen atoms in total. The fourth-order valence-electron chi connectivity index (χ4n) is 2.37. The molecule has 1 unspecified atom stereocenters. The third-order valence-electron chi connectivity index (χ3n) is 3.44. The van der Waals surface area contributed by atoms with E-state index in [2.05, 4.69) is 33.1 Å². The number of amides is 1. The molecule has 6 heteroatoms. The van der Waals surface area contributed by atoms with Crippen molar-refractivity contribution in [2.75, 3.05) is 31.2 Å². The number of carbonyl (C=O) groups excluding carboxylic acids is 1. The molecule has 2 heterocycles. The molecule has 136 valence electrons. The van der Waals surface area contributed by atoms with E-state index in [-0.39, 0.29) is 6.04 Å². The van der Waals surface area contributed by atoms with Gasteiger partial charge < -0.3 is 19.7 Å². The fourth-order valence-corrected chi connectivity index (χ4v) is 2.37. The van der Waals surface area contributed by atoms with Crippen LogP contribution in [0.15, 0.2) is 12.1 Å². The summed E-state index contributed by atoms with van der Waals surface area (Å²) in [5.41, 5.74) is 1.27. The first-order valence-corrected chi connectivity index (χ1v) is 8.55. The van der Waals surface area contributed by atoms with Crippen LogP contribution >= 0.6 is 0 Å². The van der Waals surface area contributed by atoms with Gasteiger partial charge in [0.05, 0.1) is 19.3 Å². The number of carbonyl (C=O) groups is 1. The Morgan fingerprint density at radius 2 is 2.04 bits per heavy atom. The highest BCUT2D eigenvalue weighted by atomic mass is 16.6. The lowest BCUT2D eigenvalue weighted by Gasteiger charge is -2.28. The number of aryl methyl sites for hydroxylation is 1. The minimum atomic E-state index is -0.525. The number of aromatic nitrogens is 1. The number of pyridine rings is 1. The van der Waals surface area contributed by atoms with Gasteiger partial charge in [-0.3, -0.25) is 0 Å². The Labute approximate surface area is 149 Å². The van der Waals surface area contributed by atoms with Gasteiger partial charge in [0.25, 0.3) is 0 Å². The van der Waals surface area contributed by atoms with Crippen LogP contribution in [0.3, 0.4) is 0 Å². The van der Waals surface area contributed by atoms with Crippen LogP contribution in [0, 0.1) is 18.8 Å². The van der Waals surface area contributed by atoms with Crippen LogP contribution in [0.4, 0.5) is 10.6 Å². The monoisotopic (exact) mass is 345 g/mol. The number of nitrogens with zero attached hydrogens (tertiary/aromatic N) is 2. The fraction of sp³-hybridized carbons (Fsp3) is 0.579. The Morgan fingerprint density at radius 1 is 1.36 bits per heavy atom. The minimum Gasteiger partial charge on any atom is -0.444 e. The molecule has 1 saturated heterocycles. The molecule has 1 amide bonds. The summed E-state index contributed by atoms with van der Waals surface area (Å²) in [6.45, 7) is 12.4. The van der Waals surface area contributed by atoms with Gasteiger partial charge in [0.15, 0.2) is 0 Å². The topological polar surface area (TPSA) is 63.7 Å². The molecule has 1 N–H and O–H groups in total. The van der Waals surface area contributed by atoms with Gasteiger partial charge in [0.1, 0.15) is 17.1 Å². The molecule has 1 aromatic rings. The molecule has 1 atom stereocenters. The molecule has 0 bridgehead atoms. The highest BCUT2D eigenvalue weighted by Crippen LogP contribution is 2.15. The van der Waals surface area contributed by atoms with E-state index in [4.69, 9.17) is 9.47 Å². The molecule has 25 heavy (non-hydrogen) atoms. The molecule has 1 fully saturated rings. The second kappa shape index (κ2) is 8.21. The lowest BCUT2D eigenvalue weighted by atomic mass is 10.2. The molecule has 0 spiro atoms. The van der Waals surface area contributed by atoms with E-state index >= 15 is 0 Å². The highest BCUT2D eigenvalue weighted by Gasteiger charge is 2.17. The van der Waals surface area contributed by atoms with Crippen LogP contribution in [0.25, 0.3) is 0 Å². The number of hydrogen-bond donors (Lipinski definition) is 1. The molecule has 0 aliphatic carbocycles. The molecule has 1 aliphatic heterocycles. The Balaban J connectivity index is 2.03. The lowest BCUT2D eigenvalue weighted by molar-refractivity contribution is 0.0519. The highest BCUT2D eigenvalue weighted by molar-refractivity contribution is 5.68. The molecular weight excluding hydrogens is 318 g/mol. The van der Waals surface area contributed by atoms with Crippen LogP contribution in [-0.4, -0.2) is 49.0 Å². The van der Waals surface area contributed by atoms with Gasteiger partial charge in [0, 0.05) is 13.1 Å². The smallest absolute Gasteiger partial charge is 0.408 e. The Bertz CT molecular complexity index is 665. The zero-order valence-electron chi connectivity index (χ0n) is 15.7. The zero-order chi connectivity index (χ0) is 18.4. The molecule has 0 aromatic carbocycles. The van der Waals surface area contributed by atoms with Crippen molar-refractivity contribution in [3.8, 4) is 11.8 Å². The number of anilines is 1. The van der Waals surface area contributed by atoms with Crippen molar-refractivity contribution in [3.63, 3.8) is 0 Å². The van der Waals surface area contributed by atoms with Crippen molar-refractivity contribution in [1.29, 1.82) is 0 Å². The Morgan fingerprint density at radius 3 is 2.68 bits per heavy atom. The predicted molar refractivity (Wildman–Crippen MR) is 97.7 cm³/mol. The maximum atomic E-state index is 11.8. The number of rotatable bonds is 2. The van der Waals surface area contributed by atoms with Crippen LogP contribution in [0.1, 0.15) is 39.0 Å². The molecular formula is C19H27N3O3. The third-order valence-corrected chi connectivity index (χ3v) is 3.44. The van der Waals surface area contributed by atoms with Gasteiger partial charge in [-0.25, -0.2) is 9.78 Å². The number of alkyl carbamates (subject to hydrolysis) is 1. The summed E-state index contributed by atoms with van der Waals surface area (Å²) >= 11 is 0. The minimum absolute atomic E-state index is 0.330. The van der Waals surface area contributed by atoms with Gasteiger partial charge in [-0.2, -0.15) is 0 Å². The van der Waals surface area contributed by atoms with E-state index in [9.17, 15) is 4.79 Å². The maximum Gasteiger partial charge on any atom is 0.408 e. The summed E-state index contributed by atoms with van der Waals surface area (Å²) < 4.78 is 10.6. The summed E-state index contributed by atoms with van der Waals surface area (Å²) in [6, 6.07) is 3.67. The summed E-state index contributed by atoms with van der Waals surface area (Å²) in [5, 5.41) is 2.71. The summed E-state index contributed by atoms with van der Waals surface area (Å²) in [6.07, 6.45) is -0.472. The summed E-state index contributed by atoms with van der Waals surface area (Å²) in [7, 11) is 0. The summed E-state index contributed by atoms with van der Waals surface area (Å²) in [4.78, 5) is 18.6. The zero-order valence-corrected chi connectivity index (χ0v) is 15.7. The van der Waals surface area contributed by atoms with E-state index in [0.717, 1.165) is 24.5 Å². The van der Waals surface area contributed by atoms with Crippen LogP contribution in [-0.2, 0) is 9.47 Å². The second-order valence-corrected chi connectivity index (χ2v) is 7.12. The van der Waals surface area contributed by atoms with Crippen LogP contribution in [0.2, 0.25) is 0 Å². The average Bonchev–Trinajstić information content (AvgIpc) is 2.51. The van der Waals surface area contributed by atoms with Gasteiger partial charge in [0.2, 0.25) is 0 Å². The van der Waals surface area contributed by atoms with Gasteiger partial charge >= 0.3 is 6.09 Å². The molecule has 1 aromatic heterocycles. The third kappa shape index (κ3) is 6.63. The van der Waals surface area contributed by atoms with Crippen molar-refractivity contribution in [3.05, 3.63) is 23.4 Å². The number of nitrogens with one attached hydrogen (secondary N) is 1. The van der Waals surface area contributed by atoms with Gasteiger partial charge in [-0.05, 0) is 58.2 Å². The van der Waals surface area contributed by atoms with Crippen molar-refractivity contribution >= 4 is 11.9 Å². The SMILES string of the molecule is Cc1cc(C#CC(C)NC(=O)OC(C)(C)C)nc(N2CCOCC2)c1. The van der Waals surface area contributed by atoms with Crippen LogP contribution in [0.5, 0.6) is 0 Å². The predicted octanol–water partition coefficient (Wildman–Crippen LogP) is 2.49. The van der Waals surface area contributed by atoms with Gasteiger partial charge in [-0.15, -0.1) is 0 Å². The molecule has 0 radical (unpaired) electrons. The van der Waals surface area contributed by atoms with E-state index < -0.39 is 11.7 Å². The maximum absolute atomic E-state index is 11.8. The van der Waals surface area contributed by atoms with Crippen LogP contribution < -0.4 is 10.2 Å². The second-order valence-electron chi connectivity index (χ2n) is 7.12. The van der Waals surface area contributed by atoms with E-state index in [0.29, 0.717) is 18.9 Å². The normalized spacial score (nSPS) is 15.8. The summed E-state index contributed by atoms with van der Waals surface area (Å²) in [5.74, 6) is 6.97.